The zero-order valence-electron chi connectivity index (χ0n) is 14.8. The third-order valence-corrected chi connectivity index (χ3v) is 5.03. The van der Waals surface area contributed by atoms with Crippen LogP contribution in [0.25, 0.3) is 0 Å². The quantitative estimate of drug-likeness (QED) is 0.834. The second-order valence-electron chi connectivity index (χ2n) is 6.69. The first-order chi connectivity index (χ1) is 12.2. The SMILES string of the molecule is CC[C@H]1CN(CCn2cccn2)CCN1C[C@H](O)c1ccc(F)cc1. The highest BCUT2D eigenvalue weighted by Crippen LogP contribution is 2.20. The van der Waals surface area contributed by atoms with Gasteiger partial charge in [0, 0.05) is 51.2 Å². The molecule has 1 saturated heterocycles. The van der Waals surface area contributed by atoms with Gasteiger partial charge < -0.3 is 5.11 Å². The van der Waals surface area contributed by atoms with Gasteiger partial charge in [-0.05, 0) is 30.2 Å². The number of hydrogen-bond donors (Lipinski definition) is 1. The maximum Gasteiger partial charge on any atom is 0.123 e. The van der Waals surface area contributed by atoms with Crippen molar-refractivity contribution in [3.05, 3.63) is 54.1 Å². The molecule has 2 atom stereocenters. The van der Waals surface area contributed by atoms with Crippen molar-refractivity contribution in [3.8, 4) is 0 Å². The Labute approximate surface area is 148 Å². The Balaban J connectivity index is 1.52. The lowest BCUT2D eigenvalue weighted by Crippen LogP contribution is -2.54. The Morgan fingerprint density at radius 3 is 2.72 bits per heavy atom. The van der Waals surface area contributed by atoms with E-state index in [1.807, 2.05) is 23.1 Å². The fraction of sp³-hybridized carbons (Fsp3) is 0.526. The molecule has 136 valence electrons. The van der Waals surface area contributed by atoms with Crippen molar-refractivity contribution in [2.45, 2.75) is 32.0 Å². The Hall–Kier alpha value is -1.76. The van der Waals surface area contributed by atoms with Crippen LogP contribution in [0.5, 0.6) is 0 Å². The van der Waals surface area contributed by atoms with Crippen LogP contribution in [0, 0.1) is 5.82 Å². The molecule has 2 aromatic rings. The van der Waals surface area contributed by atoms with Crippen molar-refractivity contribution in [2.75, 3.05) is 32.7 Å². The van der Waals surface area contributed by atoms with Gasteiger partial charge in [-0.25, -0.2) is 4.39 Å². The minimum Gasteiger partial charge on any atom is -0.387 e. The van der Waals surface area contributed by atoms with Crippen molar-refractivity contribution < 1.29 is 9.50 Å². The first-order valence-corrected chi connectivity index (χ1v) is 9.03. The number of β-amino-alcohol motifs (C(OH)–C–C–N with tert-alkyl or cyclic N) is 1. The van der Waals surface area contributed by atoms with E-state index in [1.165, 1.54) is 12.1 Å². The largest absolute Gasteiger partial charge is 0.387 e. The summed E-state index contributed by atoms with van der Waals surface area (Å²) in [7, 11) is 0. The maximum absolute atomic E-state index is 13.0. The van der Waals surface area contributed by atoms with Gasteiger partial charge in [-0.1, -0.05) is 19.1 Å². The summed E-state index contributed by atoms with van der Waals surface area (Å²) in [4.78, 5) is 4.83. The molecule has 0 amide bonds. The summed E-state index contributed by atoms with van der Waals surface area (Å²) in [5, 5.41) is 14.7. The molecule has 1 aliphatic heterocycles. The van der Waals surface area contributed by atoms with E-state index in [1.54, 1.807) is 12.1 Å². The molecular formula is C19H27FN4O. The van der Waals surface area contributed by atoms with E-state index in [2.05, 4.69) is 21.8 Å². The molecule has 0 radical (unpaired) electrons. The molecule has 0 saturated carbocycles. The molecule has 1 aromatic heterocycles. The number of halogens is 1. The summed E-state index contributed by atoms with van der Waals surface area (Å²) in [5.41, 5.74) is 0.775. The van der Waals surface area contributed by atoms with E-state index in [0.717, 1.165) is 44.7 Å². The first-order valence-electron chi connectivity index (χ1n) is 9.03. The van der Waals surface area contributed by atoms with Gasteiger partial charge >= 0.3 is 0 Å². The number of nitrogens with zero attached hydrogens (tertiary/aromatic N) is 4. The molecule has 1 aromatic carbocycles. The van der Waals surface area contributed by atoms with Crippen LogP contribution in [0.2, 0.25) is 0 Å². The molecule has 5 nitrogen and oxygen atoms in total. The highest BCUT2D eigenvalue weighted by atomic mass is 19.1. The van der Waals surface area contributed by atoms with Crippen LogP contribution in [0.3, 0.4) is 0 Å². The predicted octanol–water partition coefficient (Wildman–Crippen LogP) is 2.15. The highest BCUT2D eigenvalue weighted by molar-refractivity contribution is 5.18. The number of aliphatic hydroxyl groups excluding tert-OH is 1. The third kappa shape index (κ3) is 4.87. The zero-order chi connectivity index (χ0) is 17.6. The van der Waals surface area contributed by atoms with E-state index in [0.29, 0.717) is 12.6 Å². The van der Waals surface area contributed by atoms with Crippen molar-refractivity contribution in [1.29, 1.82) is 0 Å². The Morgan fingerprint density at radius 1 is 1.24 bits per heavy atom. The van der Waals surface area contributed by atoms with Gasteiger partial charge in [0.2, 0.25) is 0 Å². The van der Waals surface area contributed by atoms with E-state index in [-0.39, 0.29) is 5.82 Å². The Bertz CT molecular complexity index is 631. The van der Waals surface area contributed by atoms with Gasteiger partial charge in [-0.2, -0.15) is 5.10 Å². The average molecular weight is 346 g/mol. The average Bonchev–Trinajstić information content (AvgIpc) is 3.15. The Kier molecular flexibility index (Phi) is 6.18. The van der Waals surface area contributed by atoms with Crippen molar-refractivity contribution in [3.63, 3.8) is 0 Å². The fourth-order valence-electron chi connectivity index (χ4n) is 3.48. The van der Waals surface area contributed by atoms with Crippen molar-refractivity contribution in [1.82, 2.24) is 19.6 Å². The lowest BCUT2D eigenvalue weighted by Gasteiger charge is -2.42. The molecule has 1 N–H and O–H groups in total. The van der Waals surface area contributed by atoms with Crippen molar-refractivity contribution in [2.24, 2.45) is 0 Å². The monoisotopic (exact) mass is 346 g/mol. The molecule has 2 heterocycles. The second kappa shape index (κ2) is 8.56. The number of aromatic nitrogens is 2. The van der Waals surface area contributed by atoms with E-state index in [9.17, 15) is 9.50 Å². The minimum absolute atomic E-state index is 0.270. The predicted molar refractivity (Wildman–Crippen MR) is 95.7 cm³/mol. The van der Waals surface area contributed by atoms with Gasteiger partial charge in [0.15, 0.2) is 0 Å². The highest BCUT2D eigenvalue weighted by Gasteiger charge is 2.27. The van der Waals surface area contributed by atoms with Crippen LogP contribution >= 0.6 is 0 Å². The lowest BCUT2D eigenvalue weighted by atomic mass is 10.1. The van der Waals surface area contributed by atoms with Gasteiger partial charge in [0.05, 0.1) is 12.6 Å². The molecule has 0 unspecified atom stereocenters. The molecule has 3 rings (SSSR count). The smallest absolute Gasteiger partial charge is 0.123 e. The molecule has 1 aliphatic rings. The minimum atomic E-state index is -0.578. The normalized spacial score (nSPS) is 20.7. The maximum atomic E-state index is 13.0. The standard InChI is InChI=1S/C19H27FN4O/c1-2-18-14-22(11-13-24-9-3-8-21-24)10-12-23(18)15-19(25)16-4-6-17(20)7-5-16/h3-9,18-19,25H,2,10-15H2,1H3/t18-,19-/m0/s1. The summed E-state index contributed by atoms with van der Waals surface area (Å²) in [6, 6.07) is 8.53. The lowest BCUT2D eigenvalue weighted by molar-refractivity contribution is 0.0294. The van der Waals surface area contributed by atoms with Crippen LogP contribution in [-0.4, -0.2) is 63.5 Å². The number of rotatable bonds is 7. The summed E-state index contributed by atoms with van der Waals surface area (Å²) in [6.45, 7) is 7.63. The van der Waals surface area contributed by atoms with E-state index < -0.39 is 6.10 Å². The van der Waals surface area contributed by atoms with Crippen LogP contribution in [0.1, 0.15) is 25.0 Å². The second-order valence-corrected chi connectivity index (χ2v) is 6.69. The summed E-state index contributed by atoms with van der Waals surface area (Å²) < 4.78 is 15.0. The third-order valence-electron chi connectivity index (χ3n) is 5.03. The molecule has 0 aliphatic carbocycles. The van der Waals surface area contributed by atoms with Gasteiger partial charge in [-0.15, -0.1) is 0 Å². The van der Waals surface area contributed by atoms with Crippen LogP contribution in [0.15, 0.2) is 42.7 Å². The van der Waals surface area contributed by atoms with Gasteiger partial charge in [0.25, 0.3) is 0 Å². The number of aliphatic hydroxyl groups is 1. The van der Waals surface area contributed by atoms with Crippen LogP contribution < -0.4 is 0 Å². The van der Waals surface area contributed by atoms with Crippen molar-refractivity contribution >= 4 is 0 Å². The molecule has 0 spiro atoms. The number of hydrogen-bond acceptors (Lipinski definition) is 4. The zero-order valence-corrected chi connectivity index (χ0v) is 14.8. The first kappa shape index (κ1) is 18.0. The number of piperazine rings is 1. The molecule has 1 fully saturated rings. The summed E-state index contributed by atoms with van der Waals surface area (Å²) in [6.07, 6.45) is 4.27. The van der Waals surface area contributed by atoms with Gasteiger partial charge in [0.1, 0.15) is 5.82 Å². The van der Waals surface area contributed by atoms with Crippen LogP contribution in [0.4, 0.5) is 4.39 Å². The molecular weight excluding hydrogens is 319 g/mol. The Morgan fingerprint density at radius 2 is 2.04 bits per heavy atom. The van der Waals surface area contributed by atoms with E-state index >= 15 is 0 Å². The van der Waals surface area contributed by atoms with Crippen LogP contribution in [-0.2, 0) is 6.54 Å². The summed E-state index contributed by atoms with van der Waals surface area (Å²) in [5.74, 6) is -0.270. The number of benzene rings is 1. The van der Waals surface area contributed by atoms with E-state index in [4.69, 9.17) is 0 Å². The molecule has 0 bridgehead atoms. The molecule has 25 heavy (non-hydrogen) atoms. The topological polar surface area (TPSA) is 44.5 Å². The fourth-order valence-corrected chi connectivity index (χ4v) is 3.48. The summed E-state index contributed by atoms with van der Waals surface area (Å²) >= 11 is 0. The molecule has 6 heteroatoms. The van der Waals surface area contributed by atoms with Gasteiger partial charge in [-0.3, -0.25) is 14.5 Å².